The number of benzene rings is 2. The molecule has 3 aromatic rings. The summed E-state index contributed by atoms with van der Waals surface area (Å²) in [5, 5.41) is 6.95. The third kappa shape index (κ3) is 4.23. The Labute approximate surface area is 212 Å². The van der Waals surface area contributed by atoms with Gasteiger partial charge in [0.2, 0.25) is 0 Å². The number of hydrogen-bond acceptors (Lipinski definition) is 5. The fraction of sp³-hybridized carbons (Fsp3) is 0.370. The summed E-state index contributed by atoms with van der Waals surface area (Å²) in [5.74, 6) is -0.192. The summed E-state index contributed by atoms with van der Waals surface area (Å²) < 4.78 is 28.0. The van der Waals surface area contributed by atoms with Gasteiger partial charge in [0.05, 0.1) is 30.5 Å². The van der Waals surface area contributed by atoms with Crippen LogP contribution in [-0.2, 0) is 14.7 Å². The van der Waals surface area contributed by atoms with E-state index in [0.29, 0.717) is 37.3 Å². The highest BCUT2D eigenvalue weighted by Crippen LogP contribution is 2.53. The third-order valence-electron chi connectivity index (χ3n) is 7.57. The van der Waals surface area contributed by atoms with Crippen LogP contribution in [-0.4, -0.2) is 50.0 Å². The molecule has 3 heterocycles. The molecule has 190 valence electrons. The zero-order chi connectivity index (χ0) is 25.5. The Bertz CT molecular complexity index is 1290. The number of carbonyl (C=O) groups excluding carboxylic acids is 1. The zero-order valence-electron chi connectivity index (χ0n) is 21.2. The van der Waals surface area contributed by atoms with Gasteiger partial charge in [0.15, 0.2) is 5.76 Å². The number of anilines is 3. The Kier molecular flexibility index (Phi) is 6.45. The second kappa shape index (κ2) is 9.43. The van der Waals surface area contributed by atoms with Crippen LogP contribution in [0.2, 0.25) is 0 Å². The van der Waals surface area contributed by atoms with Crippen molar-refractivity contribution in [2.45, 2.75) is 32.2 Å². The SMILES string of the molecule is C[C@@H]1N(C)c2cc(NC(=O)c3ccco3)c([P@@](=O)(Nc3ccccc3)N3CCOCC3)cc2C1(C)C. The molecule has 1 saturated heterocycles. The van der Waals surface area contributed by atoms with Gasteiger partial charge < -0.3 is 24.5 Å². The number of likely N-dealkylation sites (N-methyl/N-ethyl adjacent to an activating group) is 1. The number of carbonyl (C=O) groups is 1. The molecule has 1 amide bonds. The molecule has 36 heavy (non-hydrogen) atoms. The Morgan fingerprint density at radius 3 is 2.47 bits per heavy atom. The molecular formula is C27H33N4O4P. The van der Waals surface area contributed by atoms with E-state index in [9.17, 15) is 4.79 Å². The first kappa shape index (κ1) is 24.6. The Morgan fingerprint density at radius 2 is 1.81 bits per heavy atom. The number of fused-ring (bicyclic) bond motifs is 1. The van der Waals surface area contributed by atoms with E-state index < -0.39 is 7.44 Å². The largest absolute Gasteiger partial charge is 0.459 e. The lowest BCUT2D eigenvalue weighted by Gasteiger charge is -2.36. The smallest absolute Gasteiger partial charge is 0.291 e. The predicted molar refractivity (Wildman–Crippen MR) is 144 cm³/mol. The molecule has 8 nitrogen and oxygen atoms in total. The zero-order valence-corrected chi connectivity index (χ0v) is 22.0. The van der Waals surface area contributed by atoms with Crippen LogP contribution in [0.25, 0.3) is 0 Å². The van der Waals surface area contributed by atoms with E-state index in [1.807, 2.05) is 47.1 Å². The van der Waals surface area contributed by atoms with Crippen molar-refractivity contribution >= 4 is 35.7 Å². The van der Waals surface area contributed by atoms with Gasteiger partial charge in [0, 0.05) is 43.0 Å². The maximum atomic E-state index is 15.2. The van der Waals surface area contributed by atoms with Crippen LogP contribution in [0, 0.1) is 0 Å². The number of para-hydroxylation sites is 1. The number of hydrogen-bond donors (Lipinski definition) is 2. The number of ether oxygens (including phenoxy) is 1. The Morgan fingerprint density at radius 1 is 1.08 bits per heavy atom. The summed E-state index contributed by atoms with van der Waals surface area (Å²) in [6.45, 7) is 8.60. The van der Waals surface area contributed by atoms with Gasteiger partial charge in [-0.25, -0.2) is 4.67 Å². The van der Waals surface area contributed by atoms with E-state index in [0.717, 1.165) is 16.9 Å². The number of furan rings is 1. The molecule has 0 aliphatic carbocycles. The highest BCUT2D eigenvalue weighted by Gasteiger charge is 2.44. The summed E-state index contributed by atoms with van der Waals surface area (Å²) in [4.78, 5) is 15.3. The second-order valence-electron chi connectivity index (χ2n) is 9.95. The van der Waals surface area contributed by atoms with Crippen molar-refractivity contribution in [2.24, 2.45) is 0 Å². The summed E-state index contributed by atoms with van der Waals surface area (Å²) in [6, 6.07) is 17.0. The lowest BCUT2D eigenvalue weighted by Crippen LogP contribution is -2.40. The quantitative estimate of drug-likeness (QED) is 0.458. The van der Waals surface area contributed by atoms with Crippen molar-refractivity contribution in [1.29, 1.82) is 0 Å². The minimum absolute atomic E-state index is 0.176. The third-order valence-corrected chi connectivity index (χ3v) is 10.4. The molecule has 2 atom stereocenters. The van der Waals surface area contributed by atoms with E-state index in [1.54, 1.807) is 12.1 Å². The average molecular weight is 509 g/mol. The highest BCUT2D eigenvalue weighted by molar-refractivity contribution is 7.71. The van der Waals surface area contributed by atoms with Gasteiger partial charge in [-0.05, 0) is 48.9 Å². The van der Waals surface area contributed by atoms with Gasteiger partial charge in [-0.15, -0.1) is 0 Å². The van der Waals surface area contributed by atoms with Crippen LogP contribution >= 0.6 is 7.44 Å². The molecule has 0 unspecified atom stereocenters. The van der Waals surface area contributed by atoms with E-state index in [2.05, 4.69) is 43.1 Å². The minimum Gasteiger partial charge on any atom is -0.459 e. The molecular weight excluding hydrogens is 475 g/mol. The molecule has 9 heteroatoms. The minimum atomic E-state index is -3.43. The lowest BCUT2D eigenvalue weighted by atomic mass is 9.81. The van der Waals surface area contributed by atoms with Crippen LogP contribution in [0.4, 0.5) is 17.1 Å². The standard InChI is InChI=1S/C27H33N4O4P/c1-19-27(2,3)21-17-25(22(18-23(21)30(19)4)28-26(32)24-11-8-14-35-24)36(33,31-12-15-34-16-13-31)29-20-9-6-5-7-10-20/h5-11,14,17-19H,12-13,15-16H2,1-4H3,(H,28,32)(H,29,33)/t19-,36+/m0/s1. The second-order valence-corrected chi connectivity index (χ2v) is 12.4. The monoisotopic (exact) mass is 508 g/mol. The van der Waals surface area contributed by atoms with Crippen LogP contribution in [0.1, 0.15) is 36.9 Å². The Hall–Kier alpha value is -3.06. The fourth-order valence-electron chi connectivity index (χ4n) is 5.05. The molecule has 2 aliphatic rings. The van der Waals surface area contributed by atoms with Crippen molar-refractivity contribution in [3.05, 3.63) is 72.2 Å². The van der Waals surface area contributed by atoms with Crippen molar-refractivity contribution in [1.82, 2.24) is 4.67 Å². The first-order valence-corrected chi connectivity index (χ1v) is 13.9. The molecule has 5 rings (SSSR count). The molecule has 0 saturated carbocycles. The van der Waals surface area contributed by atoms with Gasteiger partial charge in [-0.1, -0.05) is 32.0 Å². The number of nitrogens with one attached hydrogen (secondary N) is 2. The molecule has 0 bridgehead atoms. The molecule has 0 spiro atoms. The van der Waals surface area contributed by atoms with Crippen molar-refractivity contribution in [3.8, 4) is 0 Å². The summed E-state index contributed by atoms with van der Waals surface area (Å²) >= 11 is 0. The van der Waals surface area contributed by atoms with Crippen molar-refractivity contribution in [2.75, 3.05) is 48.7 Å². The fourth-order valence-corrected chi connectivity index (χ4v) is 7.59. The molecule has 1 aromatic heterocycles. The van der Waals surface area contributed by atoms with Gasteiger partial charge >= 0.3 is 0 Å². The normalized spacial score (nSPS) is 21.0. The van der Waals surface area contributed by atoms with E-state index in [-0.39, 0.29) is 23.1 Å². The van der Waals surface area contributed by atoms with Crippen LogP contribution in [0.5, 0.6) is 0 Å². The molecule has 1 fully saturated rings. The maximum Gasteiger partial charge on any atom is 0.291 e. The number of morpholine rings is 1. The van der Waals surface area contributed by atoms with Crippen molar-refractivity contribution in [3.63, 3.8) is 0 Å². The summed E-state index contributed by atoms with van der Waals surface area (Å²) in [7, 11) is -1.37. The summed E-state index contributed by atoms with van der Waals surface area (Å²) in [6.07, 6.45) is 1.46. The van der Waals surface area contributed by atoms with Crippen molar-refractivity contribution < 1.29 is 18.5 Å². The first-order valence-electron chi connectivity index (χ1n) is 12.2. The van der Waals surface area contributed by atoms with E-state index in [1.165, 1.54) is 6.26 Å². The topological polar surface area (TPSA) is 87.0 Å². The van der Waals surface area contributed by atoms with E-state index in [4.69, 9.17) is 9.15 Å². The van der Waals surface area contributed by atoms with Crippen LogP contribution in [0.3, 0.4) is 0 Å². The van der Waals surface area contributed by atoms with Crippen LogP contribution in [0.15, 0.2) is 65.3 Å². The van der Waals surface area contributed by atoms with Gasteiger partial charge in [-0.2, -0.15) is 0 Å². The maximum absolute atomic E-state index is 15.2. The number of rotatable bonds is 6. The highest BCUT2D eigenvalue weighted by atomic mass is 31.2. The molecule has 2 N–H and O–H groups in total. The first-order chi connectivity index (χ1) is 17.2. The molecule has 2 aromatic carbocycles. The Balaban J connectivity index is 1.69. The number of nitrogens with zero attached hydrogens (tertiary/aromatic N) is 2. The van der Waals surface area contributed by atoms with Gasteiger partial charge in [0.1, 0.15) is 0 Å². The number of amides is 1. The average Bonchev–Trinajstić information content (AvgIpc) is 3.48. The molecule has 0 radical (unpaired) electrons. The predicted octanol–water partition coefficient (Wildman–Crippen LogP) is 4.91. The summed E-state index contributed by atoms with van der Waals surface area (Å²) in [5.41, 5.74) is 3.20. The lowest BCUT2D eigenvalue weighted by molar-refractivity contribution is 0.0729. The van der Waals surface area contributed by atoms with Crippen LogP contribution < -0.4 is 20.6 Å². The van der Waals surface area contributed by atoms with E-state index >= 15 is 4.57 Å². The van der Waals surface area contributed by atoms with Gasteiger partial charge in [-0.3, -0.25) is 9.36 Å². The van der Waals surface area contributed by atoms with Gasteiger partial charge in [0.25, 0.3) is 13.4 Å². The molecule has 2 aliphatic heterocycles.